The van der Waals surface area contributed by atoms with Gasteiger partial charge in [-0.05, 0) is 36.5 Å². The van der Waals surface area contributed by atoms with Crippen LogP contribution in [-0.4, -0.2) is 66.2 Å². The van der Waals surface area contributed by atoms with Gasteiger partial charge in [0.1, 0.15) is 12.6 Å². The van der Waals surface area contributed by atoms with Crippen molar-refractivity contribution < 1.29 is 23.9 Å². The molecule has 0 unspecified atom stereocenters. The van der Waals surface area contributed by atoms with E-state index in [1.807, 2.05) is 0 Å². The Morgan fingerprint density at radius 1 is 1.48 bits per heavy atom. The molecular weight excluding hydrogens is 390 g/mol. The number of thiocarbonyl (C=S) groups is 1. The Bertz CT molecular complexity index is 703. The molecule has 0 radical (unpaired) electrons. The number of piperazine rings is 1. The third kappa shape index (κ3) is 5.24. The van der Waals surface area contributed by atoms with Gasteiger partial charge in [-0.1, -0.05) is 6.07 Å². The van der Waals surface area contributed by atoms with Crippen LogP contribution >= 0.6 is 23.6 Å². The van der Waals surface area contributed by atoms with Crippen molar-refractivity contribution in [2.24, 2.45) is 0 Å². The fraction of sp³-hybridized carbons (Fsp3) is 0.529. The maximum absolute atomic E-state index is 12.3. The smallest absolute Gasteiger partial charge is 0.308 e. The van der Waals surface area contributed by atoms with Crippen molar-refractivity contribution >= 4 is 46.5 Å². The van der Waals surface area contributed by atoms with Crippen LogP contribution in [0.3, 0.4) is 0 Å². The van der Waals surface area contributed by atoms with E-state index in [1.165, 1.54) is 11.3 Å². The zero-order valence-corrected chi connectivity index (χ0v) is 16.3. The first kappa shape index (κ1) is 19.7. The molecule has 0 aromatic carbocycles. The SMILES string of the molecule is O=C(C[C@@H]1C(=O)NCCN1C(=S)NC(=O)c1cccs1)OC[C@@H]1CCCO1. The molecule has 2 aliphatic rings. The van der Waals surface area contributed by atoms with Gasteiger partial charge in [0.2, 0.25) is 5.91 Å². The van der Waals surface area contributed by atoms with Crippen LogP contribution < -0.4 is 10.6 Å². The number of nitrogens with zero attached hydrogens (tertiary/aromatic N) is 1. The highest BCUT2D eigenvalue weighted by molar-refractivity contribution is 7.80. The molecule has 3 heterocycles. The Balaban J connectivity index is 1.56. The molecule has 0 aliphatic carbocycles. The van der Waals surface area contributed by atoms with E-state index < -0.39 is 12.0 Å². The van der Waals surface area contributed by atoms with Crippen molar-refractivity contribution in [3.63, 3.8) is 0 Å². The number of hydrogen-bond donors (Lipinski definition) is 2. The van der Waals surface area contributed by atoms with E-state index in [1.54, 1.807) is 22.4 Å². The summed E-state index contributed by atoms with van der Waals surface area (Å²) < 4.78 is 10.7. The topological polar surface area (TPSA) is 97.0 Å². The second-order valence-corrected chi connectivity index (χ2v) is 7.59. The normalized spacial score (nSPS) is 22.2. The lowest BCUT2D eigenvalue weighted by Crippen LogP contribution is -2.60. The van der Waals surface area contributed by atoms with Crippen LogP contribution in [0.15, 0.2) is 17.5 Å². The molecule has 146 valence electrons. The first-order valence-electron chi connectivity index (χ1n) is 8.75. The molecule has 2 fully saturated rings. The van der Waals surface area contributed by atoms with E-state index in [2.05, 4.69) is 10.6 Å². The summed E-state index contributed by atoms with van der Waals surface area (Å²) in [6.07, 6.45) is 1.60. The fourth-order valence-corrected chi connectivity index (χ4v) is 3.91. The van der Waals surface area contributed by atoms with Crippen molar-refractivity contribution in [3.8, 4) is 0 Å². The summed E-state index contributed by atoms with van der Waals surface area (Å²) in [5.41, 5.74) is 0. The van der Waals surface area contributed by atoms with E-state index in [4.69, 9.17) is 21.7 Å². The molecule has 0 spiro atoms. The standard InChI is InChI=1S/C17H21N3O5S2/c21-14(25-10-11-3-1-7-24-11)9-12-15(22)18-5-6-20(12)17(26)19-16(23)13-4-2-8-27-13/h2,4,8,11-12H,1,3,5-7,9-10H2,(H,18,22)(H,19,23,26)/t11-,12+/m0/s1. The molecule has 1 aromatic heterocycles. The van der Waals surface area contributed by atoms with Gasteiger partial charge in [0.15, 0.2) is 5.11 Å². The second kappa shape index (κ2) is 9.25. The van der Waals surface area contributed by atoms with Crippen LogP contribution in [0.2, 0.25) is 0 Å². The number of nitrogens with one attached hydrogen (secondary N) is 2. The van der Waals surface area contributed by atoms with E-state index in [0.29, 0.717) is 24.6 Å². The minimum absolute atomic E-state index is 0.0728. The molecule has 2 amide bonds. The van der Waals surface area contributed by atoms with E-state index >= 15 is 0 Å². The van der Waals surface area contributed by atoms with Gasteiger partial charge in [-0.2, -0.15) is 0 Å². The number of amides is 2. The average molecular weight is 412 g/mol. The number of rotatable bonds is 5. The maximum atomic E-state index is 12.3. The quantitative estimate of drug-likeness (QED) is 0.543. The number of carbonyl (C=O) groups excluding carboxylic acids is 3. The largest absolute Gasteiger partial charge is 0.463 e. The Labute approximate surface area is 166 Å². The highest BCUT2D eigenvalue weighted by Crippen LogP contribution is 2.15. The zero-order chi connectivity index (χ0) is 19.2. The van der Waals surface area contributed by atoms with Crippen molar-refractivity contribution in [2.45, 2.75) is 31.4 Å². The number of ether oxygens (including phenoxy) is 2. The monoisotopic (exact) mass is 411 g/mol. The predicted molar refractivity (Wildman–Crippen MR) is 102 cm³/mol. The summed E-state index contributed by atoms with van der Waals surface area (Å²) >= 11 is 6.60. The molecule has 2 saturated heterocycles. The molecule has 2 N–H and O–H groups in total. The minimum atomic E-state index is -0.813. The van der Waals surface area contributed by atoms with Crippen LogP contribution in [0.25, 0.3) is 0 Å². The molecular formula is C17H21N3O5S2. The molecule has 1 aromatic rings. The van der Waals surface area contributed by atoms with Gasteiger partial charge >= 0.3 is 5.97 Å². The average Bonchev–Trinajstić information content (AvgIpc) is 3.35. The van der Waals surface area contributed by atoms with Crippen molar-refractivity contribution in [1.82, 2.24) is 15.5 Å². The van der Waals surface area contributed by atoms with Gasteiger partial charge in [-0.25, -0.2) is 0 Å². The molecule has 8 nitrogen and oxygen atoms in total. The Hall–Kier alpha value is -2.04. The van der Waals surface area contributed by atoms with Gasteiger partial charge in [-0.15, -0.1) is 11.3 Å². The van der Waals surface area contributed by atoms with Crippen LogP contribution in [0.1, 0.15) is 28.9 Å². The van der Waals surface area contributed by atoms with Gasteiger partial charge in [0.25, 0.3) is 5.91 Å². The third-order valence-electron chi connectivity index (χ3n) is 4.37. The van der Waals surface area contributed by atoms with Crippen LogP contribution in [-0.2, 0) is 19.1 Å². The summed E-state index contributed by atoms with van der Waals surface area (Å²) in [6, 6.07) is 2.64. The molecule has 2 aliphatic heterocycles. The Morgan fingerprint density at radius 3 is 3.04 bits per heavy atom. The van der Waals surface area contributed by atoms with Crippen LogP contribution in [0.5, 0.6) is 0 Å². The molecule has 10 heteroatoms. The summed E-state index contributed by atoms with van der Waals surface area (Å²) in [5.74, 6) is -1.14. The van der Waals surface area contributed by atoms with E-state index in [0.717, 1.165) is 12.8 Å². The molecule has 0 bridgehead atoms. The number of thiophene rings is 1. The zero-order valence-electron chi connectivity index (χ0n) is 14.6. The van der Waals surface area contributed by atoms with Crippen molar-refractivity contribution in [3.05, 3.63) is 22.4 Å². The summed E-state index contributed by atoms with van der Waals surface area (Å²) in [4.78, 5) is 38.7. The van der Waals surface area contributed by atoms with E-state index in [9.17, 15) is 14.4 Å². The highest BCUT2D eigenvalue weighted by atomic mass is 32.1. The summed E-state index contributed by atoms with van der Waals surface area (Å²) in [7, 11) is 0. The highest BCUT2D eigenvalue weighted by Gasteiger charge is 2.34. The maximum Gasteiger partial charge on any atom is 0.308 e. The first-order valence-corrected chi connectivity index (χ1v) is 10.0. The summed E-state index contributed by atoms with van der Waals surface area (Å²) in [6.45, 7) is 1.65. The van der Waals surface area contributed by atoms with E-state index in [-0.39, 0.29) is 36.1 Å². The molecule has 0 saturated carbocycles. The van der Waals surface area contributed by atoms with Crippen LogP contribution in [0, 0.1) is 0 Å². The number of esters is 1. The lowest BCUT2D eigenvalue weighted by molar-refractivity contribution is -0.150. The minimum Gasteiger partial charge on any atom is -0.463 e. The van der Waals surface area contributed by atoms with Gasteiger partial charge in [0.05, 0.1) is 17.4 Å². The molecule has 27 heavy (non-hydrogen) atoms. The Morgan fingerprint density at radius 2 is 2.33 bits per heavy atom. The van der Waals surface area contributed by atoms with Gasteiger partial charge in [-0.3, -0.25) is 19.7 Å². The second-order valence-electron chi connectivity index (χ2n) is 6.26. The first-order chi connectivity index (χ1) is 13.0. The lowest BCUT2D eigenvalue weighted by atomic mass is 10.1. The van der Waals surface area contributed by atoms with Crippen LogP contribution in [0.4, 0.5) is 0 Å². The predicted octanol–water partition coefficient (Wildman–Crippen LogP) is 0.676. The Kier molecular flexibility index (Phi) is 6.75. The van der Waals surface area contributed by atoms with Crippen molar-refractivity contribution in [1.29, 1.82) is 0 Å². The van der Waals surface area contributed by atoms with Gasteiger partial charge < -0.3 is 19.7 Å². The fourth-order valence-electron chi connectivity index (χ4n) is 2.98. The summed E-state index contributed by atoms with van der Waals surface area (Å²) in [5, 5.41) is 7.26. The lowest BCUT2D eigenvalue weighted by Gasteiger charge is -2.36. The number of hydrogen-bond acceptors (Lipinski definition) is 7. The third-order valence-corrected chi connectivity index (χ3v) is 5.58. The number of carbonyl (C=O) groups is 3. The molecule has 3 rings (SSSR count). The van der Waals surface area contributed by atoms with Crippen molar-refractivity contribution in [2.75, 3.05) is 26.3 Å². The van der Waals surface area contributed by atoms with Gasteiger partial charge in [0, 0.05) is 19.7 Å². The molecule has 2 atom stereocenters.